The number of pyridine rings is 1. The fraction of sp³-hybridized carbons (Fsp3) is 0.188. The number of nitrogens with one attached hydrogen (secondary N) is 1. The van der Waals surface area contributed by atoms with Crippen molar-refractivity contribution >= 4 is 11.6 Å². The van der Waals surface area contributed by atoms with Gasteiger partial charge in [0.1, 0.15) is 0 Å². The molecule has 0 saturated carbocycles. The van der Waals surface area contributed by atoms with Crippen LogP contribution in [0.3, 0.4) is 0 Å². The van der Waals surface area contributed by atoms with Crippen molar-refractivity contribution in [1.82, 2.24) is 10.4 Å². The third-order valence-electron chi connectivity index (χ3n) is 3.04. The first-order valence-electron chi connectivity index (χ1n) is 6.40. The molecule has 0 spiro atoms. The summed E-state index contributed by atoms with van der Waals surface area (Å²) in [5.74, 6) is -0.239. The van der Waals surface area contributed by atoms with Crippen LogP contribution in [-0.2, 0) is 0 Å². The Labute approximate surface area is 118 Å². The smallest absolute Gasteiger partial charge is 0.267 e. The molecular formula is C16H17N3O. The van der Waals surface area contributed by atoms with Crippen LogP contribution in [0.5, 0.6) is 0 Å². The average Bonchev–Trinajstić information content (AvgIpc) is 2.45. The van der Waals surface area contributed by atoms with Gasteiger partial charge < -0.3 is 0 Å². The van der Waals surface area contributed by atoms with Gasteiger partial charge in [0.2, 0.25) is 0 Å². The van der Waals surface area contributed by atoms with Gasteiger partial charge in [-0.2, -0.15) is 5.10 Å². The Hall–Kier alpha value is -2.49. The highest BCUT2D eigenvalue weighted by atomic mass is 16.2. The van der Waals surface area contributed by atoms with Crippen molar-refractivity contribution in [3.63, 3.8) is 0 Å². The van der Waals surface area contributed by atoms with Crippen molar-refractivity contribution in [2.24, 2.45) is 5.10 Å². The van der Waals surface area contributed by atoms with Crippen LogP contribution in [0.25, 0.3) is 0 Å². The third kappa shape index (κ3) is 3.29. The van der Waals surface area contributed by atoms with Gasteiger partial charge in [-0.25, -0.2) is 5.43 Å². The van der Waals surface area contributed by atoms with Crippen molar-refractivity contribution in [2.75, 3.05) is 0 Å². The molecule has 0 unspecified atom stereocenters. The predicted molar refractivity (Wildman–Crippen MR) is 79.8 cm³/mol. The van der Waals surface area contributed by atoms with E-state index in [0.717, 1.165) is 16.8 Å². The van der Waals surface area contributed by atoms with Gasteiger partial charge in [-0.3, -0.25) is 9.78 Å². The Morgan fingerprint density at radius 3 is 2.50 bits per heavy atom. The number of amides is 1. The van der Waals surface area contributed by atoms with Crippen molar-refractivity contribution in [1.29, 1.82) is 0 Å². The number of aromatic nitrogens is 1. The topological polar surface area (TPSA) is 54.4 Å². The fourth-order valence-corrected chi connectivity index (χ4v) is 1.98. The van der Waals surface area contributed by atoms with Crippen LogP contribution in [0, 0.1) is 13.8 Å². The summed E-state index contributed by atoms with van der Waals surface area (Å²) in [6.07, 6.45) is 3.16. The van der Waals surface area contributed by atoms with Gasteiger partial charge in [0, 0.05) is 23.5 Å². The summed E-state index contributed by atoms with van der Waals surface area (Å²) in [5, 5.41) is 4.16. The summed E-state index contributed by atoms with van der Waals surface area (Å²) in [6, 6.07) is 9.45. The minimum absolute atomic E-state index is 0.239. The molecule has 0 bridgehead atoms. The van der Waals surface area contributed by atoms with Gasteiger partial charge in [-0.1, -0.05) is 23.8 Å². The lowest BCUT2D eigenvalue weighted by Gasteiger charge is -2.07. The maximum absolute atomic E-state index is 11.9. The van der Waals surface area contributed by atoms with Gasteiger partial charge in [0.25, 0.3) is 5.91 Å². The predicted octanol–water partition coefficient (Wildman–Crippen LogP) is 2.85. The van der Waals surface area contributed by atoms with Crippen LogP contribution in [0.2, 0.25) is 0 Å². The van der Waals surface area contributed by atoms with E-state index in [0.29, 0.717) is 5.56 Å². The van der Waals surface area contributed by atoms with Crippen molar-refractivity contribution in [3.05, 3.63) is 65.0 Å². The number of aryl methyl sites for hydroxylation is 2. The first kappa shape index (κ1) is 13.9. The van der Waals surface area contributed by atoms with Crippen LogP contribution in [0.15, 0.2) is 47.8 Å². The molecule has 0 atom stereocenters. The number of hydrogen-bond donors (Lipinski definition) is 1. The summed E-state index contributed by atoms with van der Waals surface area (Å²) in [5.41, 5.74) is 7.27. The standard InChI is InChI=1S/C16H17N3O/c1-11-4-5-15(12(2)10-11)13(3)18-19-16(20)14-6-8-17-9-7-14/h4-10H,1-3H3,(H,19,20)/b18-13-. The van der Waals surface area contributed by atoms with E-state index in [1.165, 1.54) is 5.56 Å². The zero-order chi connectivity index (χ0) is 14.5. The molecule has 0 fully saturated rings. The van der Waals surface area contributed by atoms with Crippen LogP contribution >= 0.6 is 0 Å². The molecule has 0 radical (unpaired) electrons. The molecule has 0 aliphatic heterocycles. The normalized spacial score (nSPS) is 11.2. The Morgan fingerprint density at radius 2 is 1.85 bits per heavy atom. The second-order valence-electron chi connectivity index (χ2n) is 4.69. The molecular weight excluding hydrogens is 250 g/mol. The molecule has 2 rings (SSSR count). The highest BCUT2D eigenvalue weighted by Gasteiger charge is 2.05. The molecule has 1 N–H and O–H groups in total. The lowest BCUT2D eigenvalue weighted by molar-refractivity contribution is 0.0954. The van der Waals surface area contributed by atoms with Crippen molar-refractivity contribution in [3.8, 4) is 0 Å². The summed E-state index contributed by atoms with van der Waals surface area (Å²) in [6.45, 7) is 5.96. The van der Waals surface area contributed by atoms with Gasteiger partial charge >= 0.3 is 0 Å². The Morgan fingerprint density at radius 1 is 1.15 bits per heavy atom. The lowest BCUT2D eigenvalue weighted by Crippen LogP contribution is -2.19. The van der Waals surface area contributed by atoms with E-state index in [4.69, 9.17) is 0 Å². The molecule has 1 aromatic heterocycles. The maximum Gasteiger partial charge on any atom is 0.271 e. The summed E-state index contributed by atoms with van der Waals surface area (Å²) in [7, 11) is 0. The summed E-state index contributed by atoms with van der Waals surface area (Å²) >= 11 is 0. The molecule has 1 aromatic carbocycles. The molecule has 0 aliphatic rings. The molecule has 2 aromatic rings. The lowest BCUT2D eigenvalue weighted by atomic mass is 10.0. The number of hydrazone groups is 1. The number of carbonyl (C=O) groups excluding carboxylic acids is 1. The van der Waals surface area contributed by atoms with Crippen LogP contribution in [0.1, 0.15) is 34.0 Å². The molecule has 1 amide bonds. The van der Waals surface area contributed by atoms with E-state index in [9.17, 15) is 4.79 Å². The van der Waals surface area contributed by atoms with E-state index in [1.807, 2.05) is 26.0 Å². The number of carbonyl (C=O) groups is 1. The first-order valence-corrected chi connectivity index (χ1v) is 6.40. The quantitative estimate of drug-likeness (QED) is 0.686. The molecule has 4 nitrogen and oxygen atoms in total. The van der Waals surface area contributed by atoms with Gasteiger partial charge in [0.05, 0.1) is 5.71 Å². The SMILES string of the molecule is C/C(=N/NC(=O)c1ccncc1)c1ccc(C)cc1C. The number of benzene rings is 1. The van der Waals surface area contributed by atoms with E-state index < -0.39 is 0 Å². The zero-order valence-electron chi connectivity index (χ0n) is 11.8. The largest absolute Gasteiger partial charge is 0.271 e. The molecule has 0 saturated heterocycles. The van der Waals surface area contributed by atoms with Crippen LogP contribution in [-0.4, -0.2) is 16.6 Å². The number of nitrogens with zero attached hydrogens (tertiary/aromatic N) is 2. The molecule has 0 aliphatic carbocycles. The Bertz CT molecular complexity index is 648. The van der Waals surface area contributed by atoms with Gasteiger partial charge in [-0.05, 0) is 38.5 Å². The molecule has 102 valence electrons. The number of hydrogen-bond acceptors (Lipinski definition) is 3. The highest BCUT2D eigenvalue weighted by molar-refractivity contribution is 6.01. The molecule has 20 heavy (non-hydrogen) atoms. The minimum atomic E-state index is -0.239. The monoisotopic (exact) mass is 267 g/mol. The second kappa shape index (κ2) is 6.10. The molecule has 1 heterocycles. The fourth-order valence-electron chi connectivity index (χ4n) is 1.98. The van der Waals surface area contributed by atoms with E-state index in [-0.39, 0.29) is 5.91 Å². The highest BCUT2D eigenvalue weighted by Crippen LogP contribution is 2.11. The first-order chi connectivity index (χ1) is 9.58. The third-order valence-corrected chi connectivity index (χ3v) is 3.04. The molecule has 4 heteroatoms. The second-order valence-corrected chi connectivity index (χ2v) is 4.69. The zero-order valence-corrected chi connectivity index (χ0v) is 11.8. The van der Waals surface area contributed by atoms with Crippen LogP contribution in [0.4, 0.5) is 0 Å². The Balaban J connectivity index is 2.13. The average molecular weight is 267 g/mol. The summed E-state index contributed by atoms with van der Waals surface area (Å²) < 4.78 is 0. The van der Waals surface area contributed by atoms with Crippen molar-refractivity contribution in [2.45, 2.75) is 20.8 Å². The van der Waals surface area contributed by atoms with Gasteiger partial charge in [-0.15, -0.1) is 0 Å². The van der Waals surface area contributed by atoms with E-state index >= 15 is 0 Å². The summed E-state index contributed by atoms with van der Waals surface area (Å²) in [4.78, 5) is 15.7. The van der Waals surface area contributed by atoms with Gasteiger partial charge in [0.15, 0.2) is 0 Å². The van der Waals surface area contributed by atoms with Crippen molar-refractivity contribution < 1.29 is 4.79 Å². The van der Waals surface area contributed by atoms with E-state index in [2.05, 4.69) is 28.5 Å². The maximum atomic E-state index is 11.9. The Kier molecular flexibility index (Phi) is 4.25. The van der Waals surface area contributed by atoms with E-state index in [1.54, 1.807) is 24.5 Å². The number of rotatable bonds is 3. The van der Waals surface area contributed by atoms with Crippen LogP contribution < -0.4 is 5.43 Å². The minimum Gasteiger partial charge on any atom is -0.267 e.